The van der Waals surface area contributed by atoms with E-state index in [1.165, 1.54) is 45.4 Å². The highest BCUT2D eigenvalue weighted by atomic mass is 16.7. The average Bonchev–Trinajstić information content (AvgIpc) is 3.04. The molecule has 46 heavy (non-hydrogen) atoms. The van der Waals surface area contributed by atoms with Crippen molar-refractivity contribution in [3.05, 3.63) is 53.6 Å². The number of esters is 1. The van der Waals surface area contributed by atoms with E-state index in [-0.39, 0.29) is 30.3 Å². The maximum atomic E-state index is 12.5. The summed E-state index contributed by atoms with van der Waals surface area (Å²) in [6.07, 6.45) is -12.0. The number of carbonyl (C=O) groups excluding carboxylic acids is 1. The Morgan fingerprint density at radius 3 is 2.26 bits per heavy atom. The molecule has 0 saturated carbocycles. The monoisotopic (exact) mass is 652 g/mol. The van der Waals surface area contributed by atoms with Gasteiger partial charge in [0.05, 0.1) is 26.9 Å². The second-order valence-corrected chi connectivity index (χ2v) is 10.8. The molecule has 0 radical (unpaired) electrons. The fraction of sp³-hybridized carbons (Fsp3) is 0.516. The van der Waals surface area contributed by atoms with Crippen LogP contribution < -0.4 is 9.47 Å². The van der Waals surface area contributed by atoms with Crippen molar-refractivity contribution in [2.75, 3.05) is 27.4 Å². The van der Waals surface area contributed by atoms with Gasteiger partial charge >= 0.3 is 5.97 Å². The number of benzene rings is 2. The van der Waals surface area contributed by atoms with Gasteiger partial charge in [-0.25, -0.2) is 4.79 Å². The Morgan fingerprint density at radius 2 is 1.57 bits per heavy atom. The molecule has 15 heteroatoms. The normalized spacial score (nSPS) is 31.5. The Kier molecular flexibility index (Phi) is 12.2. The number of rotatable bonds is 12. The molecule has 0 amide bonds. The van der Waals surface area contributed by atoms with Crippen molar-refractivity contribution < 1.29 is 73.7 Å². The van der Waals surface area contributed by atoms with Crippen LogP contribution in [0.4, 0.5) is 0 Å². The van der Waals surface area contributed by atoms with E-state index >= 15 is 0 Å². The van der Waals surface area contributed by atoms with E-state index in [9.17, 15) is 40.5 Å². The molecule has 0 unspecified atom stereocenters. The summed E-state index contributed by atoms with van der Waals surface area (Å²) < 4.78 is 38.1. The van der Waals surface area contributed by atoms with Gasteiger partial charge in [0.2, 0.25) is 0 Å². The lowest BCUT2D eigenvalue weighted by atomic mass is 9.97. The molecule has 2 heterocycles. The molecule has 0 aliphatic carbocycles. The van der Waals surface area contributed by atoms with Crippen LogP contribution in [0.1, 0.15) is 18.1 Å². The zero-order valence-corrected chi connectivity index (χ0v) is 25.4. The molecular weight excluding hydrogens is 612 g/mol. The predicted octanol–water partition coefficient (Wildman–Crippen LogP) is -0.410. The molecule has 2 aromatic carbocycles. The molecule has 0 aromatic heterocycles. The summed E-state index contributed by atoms with van der Waals surface area (Å²) in [4.78, 5) is 12.5. The van der Waals surface area contributed by atoms with Gasteiger partial charge in [0.15, 0.2) is 35.6 Å². The van der Waals surface area contributed by atoms with Crippen LogP contribution in [0.3, 0.4) is 0 Å². The first-order chi connectivity index (χ1) is 21.9. The van der Waals surface area contributed by atoms with Gasteiger partial charge in [-0.15, -0.1) is 0 Å². The fourth-order valence-corrected chi connectivity index (χ4v) is 4.98. The molecule has 2 aromatic rings. The summed E-state index contributed by atoms with van der Waals surface area (Å²) in [6.45, 7) is 0.917. The van der Waals surface area contributed by atoms with E-state index in [4.69, 9.17) is 33.2 Å². The van der Waals surface area contributed by atoms with Crippen molar-refractivity contribution in [3.8, 4) is 23.0 Å². The minimum atomic E-state index is -1.73. The summed E-state index contributed by atoms with van der Waals surface area (Å²) in [5, 5.41) is 72.7. The van der Waals surface area contributed by atoms with E-state index in [1.54, 1.807) is 18.2 Å². The third-order valence-corrected chi connectivity index (χ3v) is 7.66. The van der Waals surface area contributed by atoms with Gasteiger partial charge in [0.25, 0.3) is 0 Å². The van der Waals surface area contributed by atoms with Crippen LogP contribution in [-0.4, -0.2) is 131 Å². The van der Waals surface area contributed by atoms with Gasteiger partial charge in [0, 0.05) is 6.08 Å². The van der Waals surface area contributed by atoms with Crippen LogP contribution in [0, 0.1) is 0 Å². The maximum absolute atomic E-state index is 12.5. The van der Waals surface area contributed by atoms with E-state index in [0.717, 1.165) is 6.08 Å². The first-order valence-electron chi connectivity index (χ1n) is 14.5. The van der Waals surface area contributed by atoms with E-state index < -0.39 is 74.0 Å². The van der Waals surface area contributed by atoms with Crippen LogP contribution in [0.5, 0.6) is 23.0 Å². The minimum absolute atomic E-state index is 0.0217. The molecule has 2 fully saturated rings. The van der Waals surface area contributed by atoms with E-state index in [2.05, 4.69) is 0 Å². The van der Waals surface area contributed by atoms with Gasteiger partial charge in [-0.1, -0.05) is 12.1 Å². The number of aromatic hydroxyl groups is 2. The molecule has 2 saturated heterocycles. The number of phenols is 2. The van der Waals surface area contributed by atoms with Crippen molar-refractivity contribution in [3.63, 3.8) is 0 Å². The third-order valence-electron chi connectivity index (χ3n) is 7.66. The second-order valence-electron chi connectivity index (χ2n) is 10.8. The Bertz CT molecular complexity index is 1340. The van der Waals surface area contributed by atoms with Crippen LogP contribution in [-0.2, 0) is 34.9 Å². The summed E-state index contributed by atoms with van der Waals surface area (Å²) in [5.41, 5.74) is 1.21. The summed E-state index contributed by atoms with van der Waals surface area (Å²) in [5.74, 6) is -0.454. The number of carbonyl (C=O) groups is 1. The summed E-state index contributed by atoms with van der Waals surface area (Å²) >= 11 is 0. The number of hydrogen-bond donors (Lipinski definition) is 7. The quantitative estimate of drug-likeness (QED) is 0.114. The second kappa shape index (κ2) is 15.9. The van der Waals surface area contributed by atoms with Gasteiger partial charge in [-0.3, -0.25) is 0 Å². The van der Waals surface area contributed by atoms with Gasteiger partial charge in [-0.05, 0) is 54.8 Å². The van der Waals surface area contributed by atoms with Crippen molar-refractivity contribution in [1.82, 2.24) is 0 Å². The standard InChI is InChI=1S/C31H40O15/c1-15-24(35)26(37)27(38)31(44-15)46-29-25(36)22(14-43-23(34)9-6-16-4-7-18(32)21(13-16)41-3)45-30(28(29)39)42-11-10-17-5-8-20(40-2)19(33)12-17/h4-9,12-13,15,22,24-33,35-39H,10-11,14H2,1-3H3/t15-,22+,24-,25+,26+,27+,28+,29+,30+,31-/m0/s1. The molecule has 4 rings (SSSR count). The zero-order chi connectivity index (χ0) is 33.5. The maximum Gasteiger partial charge on any atom is 0.330 e. The summed E-state index contributed by atoms with van der Waals surface area (Å²) in [7, 11) is 2.80. The first kappa shape index (κ1) is 35.3. The van der Waals surface area contributed by atoms with Crippen LogP contribution in [0.25, 0.3) is 6.08 Å². The number of hydrogen-bond acceptors (Lipinski definition) is 15. The van der Waals surface area contributed by atoms with Gasteiger partial charge in [0.1, 0.15) is 49.3 Å². The molecular formula is C31H40O15. The molecule has 15 nitrogen and oxygen atoms in total. The Labute approximate surface area is 264 Å². The smallest absolute Gasteiger partial charge is 0.330 e. The topological polar surface area (TPSA) is 223 Å². The minimum Gasteiger partial charge on any atom is -0.504 e. The van der Waals surface area contributed by atoms with Gasteiger partial charge < -0.3 is 68.9 Å². The lowest BCUT2D eigenvalue weighted by Gasteiger charge is -2.45. The number of aliphatic hydroxyl groups is 5. The lowest BCUT2D eigenvalue weighted by Crippen LogP contribution is -2.64. The molecule has 0 spiro atoms. The highest BCUT2D eigenvalue weighted by molar-refractivity contribution is 5.87. The van der Waals surface area contributed by atoms with E-state index in [0.29, 0.717) is 16.9 Å². The summed E-state index contributed by atoms with van der Waals surface area (Å²) in [6, 6.07) is 9.23. The van der Waals surface area contributed by atoms with Gasteiger partial charge in [-0.2, -0.15) is 0 Å². The van der Waals surface area contributed by atoms with Crippen molar-refractivity contribution in [2.24, 2.45) is 0 Å². The zero-order valence-electron chi connectivity index (χ0n) is 25.4. The highest BCUT2D eigenvalue weighted by Crippen LogP contribution is 2.31. The predicted molar refractivity (Wildman–Crippen MR) is 157 cm³/mol. The molecule has 10 atom stereocenters. The molecule has 0 bridgehead atoms. The third kappa shape index (κ3) is 8.44. The first-order valence-corrected chi connectivity index (χ1v) is 14.5. The number of methoxy groups -OCH3 is 2. The Morgan fingerprint density at radius 1 is 0.826 bits per heavy atom. The lowest BCUT2D eigenvalue weighted by molar-refractivity contribution is -0.357. The van der Waals surface area contributed by atoms with Crippen molar-refractivity contribution in [2.45, 2.75) is 74.8 Å². The average molecular weight is 653 g/mol. The van der Waals surface area contributed by atoms with Crippen LogP contribution in [0.15, 0.2) is 42.5 Å². The number of aliphatic hydroxyl groups excluding tert-OH is 5. The largest absolute Gasteiger partial charge is 0.504 e. The Balaban J connectivity index is 1.44. The van der Waals surface area contributed by atoms with Crippen molar-refractivity contribution in [1.29, 1.82) is 0 Å². The van der Waals surface area contributed by atoms with Crippen LogP contribution in [0.2, 0.25) is 0 Å². The Hall–Kier alpha value is -3.51. The van der Waals surface area contributed by atoms with Crippen LogP contribution >= 0.6 is 0 Å². The molecule has 2 aliphatic heterocycles. The SMILES string of the molecule is COc1ccc(CCO[C@@H]2O[C@H](COC(=O)C=Cc3ccc(O)c(OC)c3)[C@@H](O)[C@@H](O[C@@H]3O[C@@H](C)[C@H](O)[C@@H](O)[C@H]3O)[C@H]2O)cc1O. The fourth-order valence-electron chi connectivity index (χ4n) is 4.98. The number of phenolic OH excluding ortho intramolecular Hbond substituents is 2. The molecule has 254 valence electrons. The highest BCUT2D eigenvalue weighted by Gasteiger charge is 2.50. The molecule has 2 aliphatic rings. The molecule has 7 N–H and O–H groups in total. The van der Waals surface area contributed by atoms with Crippen molar-refractivity contribution >= 4 is 12.0 Å². The van der Waals surface area contributed by atoms with E-state index in [1.807, 2.05) is 0 Å². The number of ether oxygens (including phenoxy) is 7.